The number of para-hydroxylation sites is 1. The number of hydrogen-bond acceptors (Lipinski definition) is 6. The topological polar surface area (TPSA) is 91.7 Å². The number of likely N-dealkylation sites (tertiary alicyclic amines) is 1. The number of amidine groups is 1. The molecule has 0 radical (unpaired) electrons. The normalized spacial score (nSPS) is 20.2. The van der Waals surface area contributed by atoms with E-state index in [1.54, 1.807) is 29.2 Å². The molecular weight excluding hydrogens is 396 g/mol. The van der Waals surface area contributed by atoms with Crippen LogP contribution in [0.4, 0.5) is 5.13 Å². The zero-order valence-corrected chi connectivity index (χ0v) is 16.3. The standard InChI is InChI=1S/C19H16N4O3S2/c24-18(21-19-20-13-7-2-3-9-15(13)27-19)14-8-5-11-23(14)17-12-6-1-4-10-16(12)28(25,26)22-17/h1-4,6-7,9-10,14H,5,8,11H2,(H,20,21,24)/t14-/m0/s1. The van der Waals surface area contributed by atoms with Crippen LogP contribution in [0.1, 0.15) is 18.4 Å². The molecule has 1 fully saturated rings. The summed E-state index contributed by atoms with van der Waals surface area (Å²) in [5.74, 6) is 0.165. The number of benzene rings is 2. The SMILES string of the molecule is O=C(Nc1nc2ccccc2s1)[C@@H]1CCCN1C1=NS(=O)(=O)c2ccccc21. The van der Waals surface area contributed by atoms with Crippen molar-refractivity contribution in [1.82, 2.24) is 9.88 Å². The molecule has 1 amide bonds. The smallest absolute Gasteiger partial charge is 0.285 e. The molecule has 3 aromatic rings. The number of rotatable bonds is 2. The number of aromatic nitrogens is 1. The summed E-state index contributed by atoms with van der Waals surface area (Å²) in [6.07, 6.45) is 1.43. The van der Waals surface area contributed by atoms with Gasteiger partial charge in [0.15, 0.2) is 11.0 Å². The quantitative estimate of drug-likeness (QED) is 0.699. The maximum Gasteiger partial charge on any atom is 0.285 e. The van der Waals surface area contributed by atoms with Gasteiger partial charge < -0.3 is 10.2 Å². The third-order valence-corrected chi connectivity index (χ3v) is 7.24. The number of sulfonamides is 1. The average molecular weight is 412 g/mol. The first-order chi connectivity index (χ1) is 13.5. The molecule has 0 saturated carbocycles. The molecule has 142 valence electrons. The van der Waals surface area contributed by atoms with Gasteiger partial charge in [-0.25, -0.2) is 4.98 Å². The van der Waals surface area contributed by atoms with E-state index in [4.69, 9.17) is 0 Å². The molecule has 3 heterocycles. The Bertz CT molecular complexity index is 1200. The number of nitrogens with zero attached hydrogens (tertiary/aromatic N) is 3. The Hall–Kier alpha value is -2.78. The van der Waals surface area contributed by atoms with Crippen LogP contribution in [0.2, 0.25) is 0 Å². The van der Waals surface area contributed by atoms with Gasteiger partial charge in [-0.05, 0) is 37.1 Å². The van der Waals surface area contributed by atoms with Gasteiger partial charge in [-0.15, -0.1) is 4.40 Å². The zero-order valence-electron chi connectivity index (χ0n) is 14.7. The molecule has 0 unspecified atom stereocenters. The number of fused-ring (bicyclic) bond motifs is 2. The summed E-state index contributed by atoms with van der Waals surface area (Å²) in [6.45, 7) is 0.584. The minimum Gasteiger partial charge on any atom is -0.343 e. The number of hydrogen-bond donors (Lipinski definition) is 1. The van der Waals surface area contributed by atoms with Crippen molar-refractivity contribution < 1.29 is 13.2 Å². The van der Waals surface area contributed by atoms with E-state index in [1.807, 2.05) is 24.3 Å². The summed E-state index contributed by atoms with van der Waals surface area (Å²) < 4.78 is 29.7. The van der Waals surface area contributed by atoms with E-state index in [2.05, 4.69) is 14.7 Å². The molecule has 0 aliphatic carbocycles. The summed E-state index contributed by atoms with van der Waals surface area (Å²) in [5.41, 5.74) is 1.40. The molecule has 5 rings (SSSR count). The molecule has 1 saturated heterocycles. The Labute approximate surface area is 165 Å². The van der Waals surface area contributed by atoms with E-state index in [0.29, 0.717) is 29.5 Å². The molecule has 1 aromatic heterocycles. The first kappa shape index (κ1) is 17.3. The summed E-state index contributed by atoms with van der Waals surface area (Å²) in [6, 6.07) is 14.0. The lowest BCUT2D eigenvalue weighted by Gasteiger charge is -2.25. The second-order valence-corrected chi connectivity index (χ2v) is 9.32. The fourth-order valence-electron chi connectivity index (χ4n) is 3.70. The molecule has 0 bridgehead atoms. The number of amides is 1. The second-order valence-electron chi connectivity index (χ2n) is 6.71. The fourth-order valence-corrected chi connectivity index (χ4v) is 5.79. The van der Waals surface area contributed by atoms with Crippen molar-refractivity contribution in [1.29, 1.82) is 0 Å². The Morgan fingerprint density at radius 2 is 1.93 bits per heavy atom. The molecule has 2 aliphatic rings. The van der Waals surface area contributed by atoms with E-state index in [0.717, 1.165) is 16.6 Å². The van der Waals surface area contributed by atoms with Crippen LogP contribution in [0.5, 0.6) is 0 Å². The van der Waals surface area contributed by atoms with Crippen LogP contribution in [0.15, 0.2) is 57.8 Å². The van der Waals surface area contributed by atoms with Crippen LogP contribution in [-0.2, 0) is 14.8 Å². The van der Waals surface area contributed by atoms with E-state index in [9.17, 15) is 13.2 Å². The van der Waals surface area contributed by atoms with Gasteiger partial charge in [0.25, 0.3) is 10.0 Å². The molecule has 7 nitrogen and oxygen atoms in total. The van der Waals surface area contributed by atoms with Crippen LogP contribution in [0.3, 0.4) is 0 Å². The zero-order chi connectivity index (χ0) is 19.3. The van der Waals surface area contributed by atoms with Crippen LogP contribution in [-0.4, -0.2) is 42.6 Å². The molecular formula is C19H16N4O3S2. The van der Waals surface area contributed by atoms with E-state index >= 15 is 0 Å². The van der Waals surface area contributed by atoms with Crippen molar-refractivity contribution in [2.75, 3.05) is 11.9 Å². The highest BCUT2D eigenvalue weighted by Gasteiger charge is 2.39. The molecule has 28 heavy (non-hydrogen) atoms. The predicted octanol–water partition coefficient (Wildman–Crippen LogP) is 2.85. The lowest BCUT2D eigenvalue weighted by molar-refractivity contribution is -0.119. The van der Waals surface area contributed by atoms with Crippen LogP contribution in [0.25, 0.3) is 10.2 Å². The summed E-state index contributed by atoms with van der Waals surface area (Å²) in [7, 11) is -3.71. The van der Waals surface area contributed by atoms with Gasteiger partial charge in [0.1, 0.15) is 10.9 Å². The van der Waals surface area contributed by atoms with Gasteiger partial charge in [-0.2, -0.15) is 8.42 Å². The maximum absolute atomic E-state index is 12.9. The van der Waals surface area contributed by atoms with E-state index in [1.165, 1.54) is 11.3 Å². The lowest BCUT2D eigenvalue weighted by atomic mass is 10.1. The fraction of sp³-hybridized carbons (Fsp3) is 0.211. The predicted molar refractivity (Wildman–Crippen MR) is 108 cm³/mol. The molecule has 1 N–H and O–H groups in total. The van der Waals surface area contributed by atoms with Crippen LogP contribution >= 0.6 is 11.3 Å². The summed E-state index contributed by atoms with van der Waals surface area (Å²) in [4.78, 5) is 19.4. The molecule has 2 aliphatic heterocycles. The molecule has 0 spiro atoms. The van der Waals surface area contributed by atoms with Gasteiger partial charge in [-0.3, -0.25) is 4.79 Å². The lowest BCUT2D eigenvalue weighted by Crippen LogP contribution is -2.43. The highest BCUT2D eigenvalue weighted by atomic mass is 32.2. The number of anilines is 1. The number of carbonyl (C=O) groups is 1. The highest BCUT2D eigenvalue weighted by molar-refractivity contribution is 7.90. The first-order valence-corrected chi connectivity index (χ1v) is 11.2. The third-order valence-electron chi connectivity index (χ3n) is 4.96. The Kier molecular flexibility index (Phi) is 3.95. The van der Waals surface area contributed by atoms with Crippen molar-refractivity contribution in [2.24, 2.45) is 4.40 Å². The van der Waals surface area contributed by atoms with Crippen molar-refractivity contribution >= 4 is 48.5 Å². The number of carbonyl (C=O) groups excluding carboxylic acids is 1. The summed E-state index contributed by atoms with van der Waals surface area (Å²) >= 11 is 1.42. The van der Waals surface area contributed by atoms with Crippen molar-refractivity contribution in [3.05, 3.63) is 54.1 Å². The van der Waals surface area contributed by atoms with Crippen LogP contribution in [0, 0.1) is 0 Å². The monoisotopic (exact) mass is 412 g/mol. The van der Waals surface area contributed by atoms with E-state index in [-0.39, 0.29) is 10.8 Å². The average Bonchev–Trinajstić information content (AvgIpc) is 3.37. The van der Waals surface area contributed by atoms with Crippen molar-refractivity contribution in [3.8, 4) is 0 Å². The minimum absolute atomic E-state index is 0.193. The van der Waals surface area contributed by atoms with Gasteiger partial charge in [0.2, 0.25) is 5.91 Å². The highest BCUT2D eigenvalue weighted by Crippen LogP contribution is 2.32. The Morgan fingerprint density at radius 1 is 1.14 bits per heavy atom. The third kappa shape index (κ3) is 2.78. The maximum atomic E-state index is 12.9. The van der Waals surface area contributed by atoms with Gasteiger partial charge in [0.05, 0.1) is 10.2 Å². The summed E-state index contributed by atoms with van der Waals surface area (Å²) in [5, 5.41) is 3.43. The second kappa shape index (κ2) is 6.39. The van der Waals surface area contributed by atoms with E-state index < -0.39 is 16.1 Å². The number of thiazole rings is 1. The molecule has 2 aromatic carbocycles. The minimum atomic E-state index is -3.71. The number of nitrogens with one attached hydrogen (secondary N) is 1. The Balaban J connectivity index is 1.43. The first-order valence-electron chi connectivity index (χ1n) is 8.90. The largest absolute Gasteiger partial charge is 0.343 e. The Morgan fingerprint density at radius 3 is 2.79 bits per heavy atom. The van der Waals surface area contributed by atoms with Crippen molar-refractivity contribution in [3.63, 3.8) is 0 Å². The molecule has 9 heteroatoms. The van der Waals surface area contributed by atoms with Crippen molar-refractivity contribution in [2.45, 2.75) is 23.8 Å². The molecule has 1 atom stereocenters. The van der Waals surface area contributed by atoms with Gasteiger partial charge in [-0.1, -0.05) is 35.6 Å². The van der Waals surface area contributed by atoms with Crippen LogP contribution < -0.4 is 5.32 Å². The van der Waals surface area contributed by atoms with Gasteiger partial charge >= 0.3 is 0 Å². The van der Waals surface area contributed by atoms with Gasteiger partial charge in [0, 0.05) is 12.1 Å².